The number of amides is 1. The van der Waals surface area contributed by atoms with Crippen LogP contribution >= 0.6 is 11.3 Å². The van der Waals surface area contributed by atoms with Crippen LogP contribution in [0.1, 0.15) is 77.2 Å². The zero-order chi connectivity index (χ0) is 12.5. The molecule has 0 bridgehead atoms. The molecule has 0 spiro atoms. The highest BCUT2D eigenvalue weighted by molar-refractivity contribution is 7.13. The highest BCUT2D eigenvalue weighted by atomic mass is 32.1. The Morgan fingerprint density at radius 1 is 1.17 bits per heavy atom. The van der Waals surface area contributed by atoms with Crippen molar-refractivity contribution < 1.29 is 4.79 Å². The van der Waals surface area contributed by atoms with Crippen molar-refractivity contribution in [3.8, 4) is 0 Å². The average molecular weight is 265 g/mol. The number of hydrogen-bond donors (Lipinski definition) is 2. The molecule has 2 aliphatic rings. The van der Waals surface area contributed by atoms with Gasteiger partial charge in [0.2, 0.25) is 0 Å². The van der Waals surface area contributed by atoms with Crippen LogP contribution in [0.3, 0.4) is 0 Å². The van der Waals surface area contributed by atoms with E-state index in [0.717, 1.165) is 15.6 Å². The summed E-state index contributed by atoms with van der Waals surface area (Å²) in [5.74, 6) is 6.17. The summed E-state index contributed by atoms with van der Waals surface area (Å²) >= 11 is 1.56. The summed E-state index contributed by atoms with van der Waals surface area (Å²) < 4.78 is 0. The molecule has 0 radical (unpaired) electrons. The Bertz CT molecular complexity index is 447. The predicted octanol–water partition coefficient (Wildman–Crippen LogP) is 2.67. The summed E-state index contributed by atoms with van der Waals surface area (Å²) in [6, 6.07) is 0. The lowest BCUT2D eigenvalue weighted by Gasteiger charge is -2.18. The lowest BCUT2D eigenvalue weighted by molar-refractivity contribution is 0.0956. The number of nitrogens with zero attached hydrogens (tertiary/aromatic N) is 1. The van der Waals surface area contributed by atoms with E-state index in [1.54, 1.807) is 11.3 Å². The smallest absolute Gasteiger partial charge is 0.277 e. The highest BCUT2D eigenvalue weighted by Crippen LogP contribution is 2.45. The van der Waals surface area contributed by atoms with Crippen LogP contribution < -0.4 is 11.3 Å². The summed E-state index contributed by atoms with van der Waals surface area (Å²) in [7, 11) is 0. The maximum Gasteiger partial charge on any atom is 0.277 e. The number of aromatic nitrogens is 1. The van der Waals surface area contributed by atoms with Crippen molar-refractivity contribution in [2.24, 2.45) is 5.84 Å². The van der Waals surface area contributed by atoms with Crippen molar-refractivity contribution in [1.82, 2.24) is 10.4 Å². The minimum absolute atomic E-state index is 0.170. The normalized spacial score (nSPS) is 20.9. The Balaban J connectivity index is 1.88. The van der Waals surface area contributed by atoms with Gasteiger partial charge in [-0.25, -0.2) is 10.8 Å². The first-order chi connectivity index (χ1) is 8.79. The first kappa shape index (κ1) is 12.1. The Labute approximate surface area is 111 Å². The quantitative estimate of drug-likeness (QED) is 0.501. The van der Waals surface area contributed by atoms with Crippen LogP contribution in [0, 0.1) is 0 Å². The van der Waals surface area contributed by atoms with Crippen molar-refractivity contribution >= 4 is 17.2 Å². The van der Waals surface area contributed by atoms with Crippen molar-refractivity contribution in [3.05, 3.63) is 15.6 Å². The Morgan fingerprint density at radius 3 is 2.50 bits per heavy atom. The van der Waals surface area contributed by atoms with Gasteiger partial charge in [0.1, 0.15) is 4.88 Å². The Hall–Kier alpha value is -0.940. The zero-order valence-electron chi connectivity index (χ0n) is 10.4. The van der Waals surface area contributed by atoms with Gasteiger partial charge in [-0.2, -0.15) is 0 Å². The molecular formula is C13H19N3OS. The number of thiazole rings is 1. The number of carbonyl (C=O) groups is 1. The van der Waals surface area contributed by atoms with E-state index in [-0.39, 0.29) is 5.91 Å². The van der Waals surface area contributed by atoms with E-state index in [4.69, 9.17) is 10.8 Å². The van der Waals surface area contributed by atoms with Gasteiger partial charge in [-0.3, -0.25) is 10.2 Å². The molecule has 3 rings (SSSR count). The molecular weight excluding hydrogens is 246 g/mol. The van der Waals surface area contributed by atoms with Gasteiger partial charge in [-0.1, -0.05) is 19.3 Å². The summed E-state index contributed by atoms with van der Waals surface area (Å²) in [6.45, 7) is 0. The van der Waals surface area contributed by atoms with Crippen LogP contribution in [0.2, 0.25) is 0 Å². The van der Waals surface area contributed by atoms with Crippen LogP contribution in [0.25, 0.3) is 0 Å². The fraction of sp³-hybridized carbons (Fsp3) is 0.692. The highest BCUT2D eigenvalue weighted by Gasteiger charge is 2.33. The van der Waals surface area contributed by atoms with Gasteiger partial charge in [0, 0.05) is 11.8 Å². The second-order valence-electron chi connectivity index (χ2n) is 5.35. The molecule has 0 atom stereocenters. The van der Waals surface area contributed by atoms with Crippen LogP contribution in [-0.2, 0) is 0 Å². The average Bonchev–Trinajstić information content (AvgIpc) is 3.18. The molecule has 2 saturated carbocycles. The Kier molecular flexibility index (Phi) is 3.35. The zero-order valence-corrected chi connectivity index (χ0v) is 11.3. The number of nitrogens with one attached hydrogen (secondary N) is 1. The fourth-order valence-corrected chi connectivity index (χ4v) is 3.96. The van der Waals surface area contributed by atoms with E-state index in [2.05, 4.69) is 5.43 Å². The molecule has 4 nitrogen and oxygen atoms in total. The standard InChI is InChI=1S/C13H19N3OS/c14-16-12(17)11-10(8-6-7-8)15-13(18-11)9-4-2-1-3-5-9/h8-9H,1-7,14H2,(H,16,17). The predicted molar refractivity (Wildman–Crippen MR) is 71.6 cm³/mol. The summed E-state index contributed by atoms with van der Waals surface area (Å²) in [6.07, 6.45) is 8.70. The molecule has 2 aliphatic carbocycles. The van der Waals surface area contributed by atoms with E-state index < -0.39 is 0 Å². The molecule has 0 saturated heterocycles. The van der Waals surface area contributed by atoms with Gasteiger partial charge in [-0.15, -0.1) is 11.3 Å². The molecule has 1 heterocycles. The third-order valence-corrected chi connectivity index (χ3v) is 5.16. The lowest BCUT2D eigenvalue weighted by Crippen LogP contribution is -2.30. The minimum Gasteiger partial charge on any atom is -0.289 e. The fourth-order valence-electron chi connectivity index (χ4n) is 2.73. The number of nitrogens with two attached hydrogens (primary N) is 1. The molecule has 98 valence electrons. The van der Waals surface area contributed by atoms with Gasteiger partial charge >= 0.3 is 0 Å². The first-order valence-corrected chi connectivity index (χ1v) is 7.63. The second kappa shape index (κ2) is 4.97. The van der Waals surface area contributed by atoms with E-state index in [0.29, 0.717) is 11.8 Å². The van der Waals surface area contributed by atoms with Crippen molar-refractivity contribution in [3.63, 3.8) is 0 Å². The molecule has 0 unspecified atom stereocenters. The van der Waals surface area contributed by atoms with Crippen molar-refractivity contribution in [2.75, 3.05) is 0 Å². The number of hydrazine groups is 1. The maximum absolute atomic E-state index is 11.8. The topological polar surface area (TPSA) is 68.0 Å². The third kappa shape index (κ3) is 2.29. The van der Waals surface area contributed by atoms with Gasteiger partial charge < -0.3 is 0 Å². The van der Waals surface area contributed by atoms with Gasteiger partial charge in [0.15, 0.2) is 0 Å². The summed E-state index contributed by atoms with van der Waals surface area (Å²) in [5.41, 5.74) is 3.26. The Morgan fingerprint density at radius 2 is 1.89 bits per heavy atom. The minimum atomic E-state index is -0.170. The molecule has 3 N–H and O–H groups in total. The molecule has 1 aromatic heterocycles. The van der Waals surface area contributed by atoms with Crippen molar-refractivity contribution in [1.29, 1.82) is 0 Å². The lowest BCUT2D eigenvalue weighted by atomic mass is 9.90. The molecule has 1 aromatic rings. The number of carbonyl (C=O) groups excluding carboxylic acids is 1. The molecule has 5 heteroatoms. The van der Waals surface area contributed by atoms with Crippen LogP contribution in [0.4, 0.5) is 0 Å². The van der Waals surface area contributed by atoms with Crippen LogP contribution in [0.15, 0.2) is 0 Å². The molecule has 18 heavy (non-hydrogen) atoms. The van der Waals surface area contributed by atoms with E-state index in [1.807, 2.05) is 0 Å². The summed E-state index contributed by atoms with van der Waals surface area (Å²) in [4.78, 5) is 17.3. The monoisotopic (exact) mass is 265 g/mol. The number of hydrogen-bond acceptors (Lipinski definition) is 4. The molecule has 0 aliphatic heterocycles. The third-order valence-electron chi connectivity index (χ3n) is 3.93. The van der Waals surface area contributed by atoms with Gasteiger partial charge in [-0.05, 0) is 25.7 Å². The SMILES string of the molecule is NNC(=O)c1sc(C2CCCCC2)nc1C1CC1. The molecule has 0 aromatic carbocycles. The number of rotatable bonds is 3. The number of nitrogen functional groups attached to an aromatic ring is 1. The van der Waals surface area contributed by atoms with E-state index >= 15 is 0 Å². The van der Waals surface area contributed by atoms with Crippen LogP contribution in [-0.4, -0.2) is 10.9 Å². The van der Waals surface area contributed by atoms with Crippen LogP contribution in [0.5, 0.6) is 0 Å². The van der Waals surface area contributed by atoms with Gasteiger partial charge in [0.25, 0.3) is 5.91 Å². The summed E-state index contributed by atoms with van der Waals surface area (Å²) in [5, 5.41) is 1.16. The van der Waals surface area contributed by atoms with E-state index in [1.165, 1.54) is 44.9 Å². The second-order valence-corrected chi connectivity index (χ2v) is 6.38. The largest absolute Gasteiger partial charge is 0.289 e. The molecule has 2 fully saturated rings. The van der Waals surface area contributed by atoms with Crippen molar-refractivity contribution in [2.45, 2.75) is 56.8 Å². The first-order valence-electron chi connectivity index (χ1n) is 6.81. The maximum atomic E-state index is 11.8. The molecule has 1 amide bonds. The van der Waals surface area contributed by atoms with Gasteiger partial charge in [0.05, 0.1) is 10.7 Å². The van der Waals surface area contributed by atoms with E-state index in [9.17, 15) is 4.79 Å².